The number of fused-ring (bicyclic) bond motifs is 1. The van der Waals surface area contributed by atoms with Crippen LogP contribution in [0.15, 0.2) is 0 Å². The van der Waals surface area contributed by atoms with Crippen molar-refractivity contribution in [2.75, 3.05) is 0 Å². The summed E-state index contributed by atoms with van der Waals surface area (Å²) in [5.41, 5.74) is 0. The molecule has 0 aromatic carbocycles. The first-order chi connectivity index (χ1) is 11.8. The molecule has 6 atom stereocenters. The Kier molecular flexibility index (Phi) is 6.23. The highest BCUT2D eigenvalue weighted by Gasteiger charge is 2.57. The molecule has 3 fully saturated rings. The fraction of sp³-hybridized carbons (Fsp3) is 0.933. The van der Waals surface area contributed by atoms with E-state index in [0.717, 1.165) is 32.1 Å². The standard InChI is InChI=1S/C15H21Cl3FNO5/c1-7-9-10(24-13(23-9)15(16,17)18)11(12(19)22-7)25-14(21)20-8-5-3-2-4-6-8/h7-13H,2-6H2,1H3,(H,20,21)/t7-,9-,10-,11+,12+,13-/m0/s1. The van der Waals surface area contributed by atoms with Gasteiger partial charge in [-0.2, -0.15) is 0 Å². The van der Waals surface area contributed by atoms with Crippen molar-refractivity contribution in [1.29, 1.82) is 0 Å². The topological polar surface area (TPSA) is 66.0 Å². The minimum atomic E-state index is -1.86. The molecule has 0 bridgehead atoms. The first kappa shape index (κ1) is 19.7. The fourth-order valence-electron chi connectivity index (χ4n) is 3.47. The van der Waals surface area contributed by atoms with Crippen molar-refractivity contribution in [3.8, 4) is 0 Å². The molecule has 0 spiro atoms. The Morgan fingerprint density at radius 2 is 1.76 bits per heavy atom. The number of hydrogen-bond donors (Lipinski definition) is 1. The van der Waals surface area contributed by atoms with E-state index < -0.39 is 46.9 Å². The van der Waals surface area contributed by atoms with Crippen LogP contribution in [0, 0.1) is 0 Å². The molecule has 6 nitrogen and oxygen atoms in total. The van der Waals surface area contributed by atoms with Crippen LogP contribution >= 0.6 is 34.8 Å². The maximum atomic E-state index is 14.3. The van der Waals surface area contributed by atoms with Crippen LogP contribution in [0.1, 0.15) is 39.0 Å². The van der Waals surface area contributed by atoms with Crippen molar-refractivity contribution >= 4 is 40.9 Å². The maximum absolute atomic E-state index is 14.3. The molecule has 0 aromatic heterocycles. The van der Waals surface area contributed by atoms with E-state index in [1.807, 2.05) is 0 Å². The molecule has 10 heteroatoms. The summed E-state index contributed by atoms with van der Waals surface area (Å²) in [6, 6.07) is 0.0354. The lowest BCUT2D eigenvalue weighted by molar-refractivity contribution is -0.224. The monoisotopic (exact) mass is 419 g/mol. The van der Waals surface area contributed by atoms with Crippen LogP contribution in [-0.4, -0.2) is 53.0 Å². The summed E-state index contributed by atoms with van der Waals surface area (Å²) < 4.78 is 34.0. The zero-order chi connectivity index (χ0) is 18.2. The van der Waals surface area contributed by atoms with Crippen LogP contribution in [0.5, 0.6) is 0 Å². The van der Waals surface area contributed by atoms with E-state index in [1.165, 1.54) is 0 Å². The fourth-order valence-corrected chi connectivity index (χ4v) is 3.78. The van der Waals surface area contributed by atoms with Gasteiger partial charge >= 0.3 is 6.09 Å². The third-order valence-corrected chi connectivity index (χ3v) is 5.25. The number of alkyl carbamates (subject to hydrolysis) is 1. The summed E-state index contributed by atoms with van der Waals surface area (Å²) in [5, 5.41) is 2.76. The van der Waals surface area contributed by atoms with Gasteiger partial charge in [0.15, 0.2) is 6.10 Å². The summed E-state index contributed by atoms with van der Waals surface area (Å²) in [7, 11) is 0. The van der Waals surface area contributed by atoms with E-state index in [-0.39, 0.29) is 6.04 Å². The van der Waals surface area contributed by atoms with Crippen molar-refractivity contribution in [1.82, 2.24) is 5.32 Å². The largest absolute Gasteiger partial charge is 0.438 e. The Labute approximate surface area is 160 Å². The third-order valence-electron chi connectivity index (χ3n) is 4.71. The average molecular weight is 421 g/mol. The number of alkyl halides is 4. The summed E-state index contributed by atoms with van der Waals surface area (Å²) in [6.45, 7) is 1.62. The summed E-state index contributed by atoms with van der Waals surface area (Å²) in [6.07, 6.45) is -2.32. The molecule has 1 saturated carbocycles. The second kappa shape index (κ2) is 7.90. The summed E-state index contributed by atoms with van der Waals surface area (Å²) in [4.78, 5) is 12.1. The highest BCUT2D eigenvalue weighted by Crippen LogP contribution is 2.43. The molecule has 3 aliphatic rings. The van der Waals surface area contributed by atoms with Crippen molar-refractivity contribution in [2.24, 2.45) is 0 Å². The van der Waals surface area contributed by atoms with Gasteiger partial charge < -0.3 is 24.3 Å². The van der Waals surface area contributed by atoms with Crippen molar-refractivity contribution in [2.45, 2.75) is 85.9 Å². The average Bonchev–Trinajstić information content (AvgIpc) is 2.98. The number of ether oxygens (including phenoxy) is 4. The molecule has 1 N–H and O–H groups in total. The Bertz CT molecular complexity index is 488. The predicted octanol–water partition coefficient (Wildman–Crippen LogP) is 3.61. The van der Waals surface area contributed by atoms with E-state index in [0.29, 0.717) is 0 Å². The summed E-state index contributed by atoms with van der Waals surface area (Å²) in [5.74, 6) is 0. The van der Waals surface area contributed by atoms with Crippen molar-refractivity contribution < 1.29 is 28.1 Å². The van der Waals surface area contributed by atoms with E-state index in [1.54, 1.807) is 6.92 Å². The second-order valence-electron chi connectivity index (χ2n) is 6.62. The number of nitrogens with one attached hydrogen (secondary N) is 1. The van der Waals surface area contributed by atoms with Crippen LogP contribution in [0.25, 0.3) is 0 Å². The number of hydrogen-bond acceptors (Lipinski definition) is 5. The Hall–Kier alpha value is -0.0500. The highest BCUT2D eigenvalue weighted by molar-refractivity contribution is 6.67. The predicted molar refractivity (Wildman–Crippen MR) is 89.5 cm³/mol. The van der Waals surface area contributed by atoms with Gasteiger partial charge in [0.1, 0.15) is 12.2 Å². The van der Waals surface area contributed by atoms with Gasteiger partial charge in [-0.1, -0.05) is 54.1 Å². The first-order valence-electron chi connectivity index (χ1n) is 8.40. The molecule has 0 unspecified atom stereocenters. The van der Waals surface area contributed by atoms with Gasteiger partial charge in [0.25, 0.3) is 0 Å². The van der Waals surface area contributed by atoms with E-state index >= 15 is 0 Å². The second-order valence-corrected chi connectivity index (χ2v) is 8.99. The first-order valence-corrected chi connectivity index (χ1v) is 9.53. The van der Waals surface area contributed by atoms with Gasteiger partial charge in [0.2, 0.25) is 16.4 Å². The molecular formula is C15H21Cl3FNO5. The van der Waals surface area contributed by atoms with Gasteiger partial charge in [0.05, 0.1) is 6.10 Å². The number of amides is 1. The molecule has 25 heavy (non-hydrogen) atoms. The number of rotatable bonds is 2. The maximum Gasteiger partial charge on any atom is 0.407 e. The molecule has 2 saturated heterocycles. The summed E-state index contributed by atoms with van der Waals surface area (Å²) >= 11 is 17.4. The zero-order valence-electron chi connectivity index (χ0n) is 13.6. The number of halogens is 4. The van der Waals surface area contributed by atoms with E-state index in [2.05, 4.69) is 5.32 Å². The molecule has 1 amide bonds. The van der Waals surface area contributed by atoms with Crippen LogP contribution in [0.2, 0.25) is 0 Å². The number of carbonyl (C=O) groups is 1. The molecule has 2 heterocycles. The van der Waals surface area contributed by atoms with Crippen LogP contribution in [-0.2, 0) is 18.9 Å². The van der Waals surface area contributed by atoms with Gasteiger partial charge in [-0.3, -0.25) is 0 Å². The minimum absolute atomic E-state index is 0.0354. The minimum Gasteiger partial charge on any atom is -0.438 e. The van der Waals surface area contributed by atoms with E-state index in [4.69, 9.17) is 53.8 Å². The van der Waals surface area contributed by atoms with Crippen LogP contribution in [0.4, 0.5) is 9.18 Å². The van der Waals surface area contributed by atoms with Crippen LogP contribution < -0.4 is 5.32 Å². The molecule has 1 aliphatic carbocycles. The SMILES string of the molecule is C[C@@H]1O[C@@H](F)[C@H](OC(=O)NC2CCCCC2)[C@H]2O[C@@H](C(Cl)(Cl)Cl)O[C@H]21. The molecule has 2 aliphatic heterocycles. The zero-order valence-corrected chi connectivity index (χ0v) is 15.9. The quantitative estimate of drug-likeness (QED) is 0.691. The lowest BCUT2D eigenvalue weighted by atomic mass is 9.96. The Balaban J connectivity index is 1.63. The van der Waals surface area contributed by atoms with Gasteiger partial charge in [-0.15, -0.1) is 0 Å². The van der Waals surface area contributed by atoms with Crippen molar-refractivity contribution in [3.63, 3.8) is 0 Å². The Morgan fingerprint density at radius 1 is 1.12 bits per heavy atom. The lowest BCUT2D eigenvalue weighted by Gasteiger charge is -2.37. The van der Waals surface area contributed by atoms with Gasteiger partial charge in [-0.25, -0.2) is 9.18 Å². The van der Waals surface area contributed by atoms with E-state index in [9.17, 15) is 9.18 Å². The normalized spacial score (nSPS) is 39.7. The van der Waals surface area contributed by atoms with Crippen molar-refractivity contribution in [3.05, 3.63) is 0 Å². The molecular weight excluding hydrogens is 400 g/mol. The van der Waals surface area contributed by atoms with Gasteiger partial charge in [-0.05, 0) is 19.8 Å². The third kappa shape index (κ3) is 4.62. The molecule has 0 radical (unpaired) electrons. The number of carbonyl (C=O) groups excluding carboxylic acids is 1. The smallest absolute Gasteiger partial charge is 0.407 e. The highest BCUT2D eigenvalue weighted by atomic mass is 35.6. The molecule has 144 valence electrons. The molecule has 3 rings (SSSR count). The molecule has 0 aromatic rings. The van der Waals surface area contributed by atoms with Gasteiger partial charge in [0, 0.05) is 6.04 Å². The Morgan fingerprint density at radius 3 is 2.40 bits per heavy atom. The van der Waals surface area contributed by atoms with Crippen LogP contribution in [0.3, 0.4) is 0 Å². The lowest BCUT2D eigenvalue weighted by Crippen LogP contribution is -2.56.